The lowest BCUT2D eigenvalue weighted by molar-refractivity contribution is 0.281. The van der Waals surface area contributed by atoms with Crippen LogP contribution < -0.4 is 9.62 Å². The molecule has 0 saturated carbocycles. The minimum atomic E-state index is -4.79. The highest BCUT2D eigenvalue weighted by Gasteiger charge is 2.40. The van der Waals surface area contributed by atoms with Crippen LogP contribution in [0.4, 0.5) is 24.7 Å². The van der Waals surface area contributed by atoms with Gasteiger partial charge in [0.2, 0.25) is 5.95 Å². The van der Waals surface area contributed by atoms with Crippen LogP contribution in [0, 0.1) is 34.3 Å². The molecule has 1 unspecified atom stereocenters. The topological polar surface area (TPSA) is 89.3 Å². The summed E-state index contributed by atoms with van der Waals surface area (Å²) in [6, 6.07) is 6.39. The van der Waals surface area contributed by atoms with E-state index >= 15 is 0 Å². The number of nitriles is 1. The minimum absolute atomic E-state index is 0.0459. The molecule has 1 fully saturated rings. The van der Waals surface area contributed by atoms with Gasteiger partial charge in [-0.15, -0.1) is 0 Å². The lowest BCUT2D eigenvalue weighted by Gasteiger charge is -2.26. The summed E-state index contributed by atoms with van der Waals surface area (Å²) < 4.78 is 69.9. The SMILES string of the molecule is CN(C)CC1(C#N)CCN(c2cc(F)c(S(=O)(=O)Nc3cccc(F)n3)c(F)c2Cl)C1. The van der Waals surface area contributed by atoms with E-state index in [1.807, 2.05) is 23.7 Å². The molecule has 166 valence electrons. The summed E-state index contributed by atoms with van der Waals surface area (Å²) in [5.74, 6) is -4.27. The molecule has 0 amide bonds. The first kappa shape index (κ1) is 23.1. The molecule has 0 aliphatic carbocycles. The van der Waals surface area contributed by atoms with Crippen molar-refractivity contribution in [2.45, 2.75) is 11.3 Å². The first-order valence-electron chi connectivity index (χ1n) is 9.12. The molecule has 3 rings (SSSR count). The second-order valence-electron chi connectivity index (χ2n) is 7.59. The molecule has 1 N–H and O–H groups in total. The summed E-state index contributed by atoms with van der Waals surface area (Å²) in [6.45, 7) is 0.939. The van der Waals surface area contributed by atoms with Gasteiger partial charge in [-0.05, 0) is 32.6 Å². The van der Waals surface area contributed by atoms with Crippen LogP contribution >= 0.6 is 11.6 Å². The van der Waals surface area contributed by atoms with Crippen LogP contribution in [0.15, 0.2) is 29.2 Å². The first-order chi connectivity index (χ1) is 14.5. The molecule has 2 heterocycles. The fraction of sp³-hybridized carbons (Fsp3) is 0.368. The molecule has 2 aromatic rings. The zero-order chi connectivity index (χ0) is 23.0. The van der Waals surface area contributed by atoms with Gasteiger partial charge in [0.15, 0.2) is 10.7 Å². The zero-order valence-electron chi connectivity index (χ0n) is 16.7. The maximum absolute atomic E-state index is 15.0. The number of pyridine rings is 1. The third-order valence-corrected chi connectivity index (χ3v) is 6.62. The van der Waals surface area contributed by atoms with Crippen molar-refractivity contribution < 1.29 is 21.6 Å². The van der Waals surface area contributed by atoms with Gasteiger partial charge in [0.25, 0.3) is 10.0 Å². The predicted molar refractivity (Wildman–Crippen MR) is 110 cm³/mol. The molecule has 0 bridgehead atoms. The van der Waals surface area contributed by atoms with E-state index in [1.165, 1.54) is 6.07 Å². The maximum atomic E-state index is 15.0. The number of anilines is 2. The van der Waals surface area contributed by atoms with Crippen LogP contribution in [-0.4, -0.2) is 52.0 Å². The van der Waals surface area contributed by atoms with Crippen molar-refractivity contribution in [2.75, 3.05) is 43.4 Å². The number of halogens is 4. The Morgan fingerprint density at radius 2 is 2.06 bits per heavy atom. The van der Waals surface area contributed by atoms with Gasteiger partial charge in [0.1, 0.15) is 16.7 Å². The number of aromatic nitrogens is 1. The van der Waals surface area contributed by atoms with E-state index in [-0.39, 0.29) is 12.2 Å². The van der Waals surface area contributed by atoms with Crippen LogP contribution in [0.2, 0.25) is 5.02 Å². The number of benzene rings is 1. The molecular weight excluding hydrogens is 455 g/mol. The predicted octanol–water partition coefficient (Wildman–Crippen LogP) is 3.23. The smallest absolute Gasteiger partial charge is 0.268 e. The van der Waals surface area contributed by atoms with Crippen molar-refractivity contribution in [3.05, 3.63) is 46.9 Å². The largest absolute Gasteiger partial charge is 0.368 e. The Morgan fingerprint density at radius 1 is 1.35 bits per heavy atom. The lowest BCUT2D eigenvalue weighted by atomic mass is 9.88. The number of nitrogens with one attached hydrogen (secondary N) is 1. The first-order valence-corrected chi connectivity index (χ1v) is 11.0. The normalized spacial score (nSPS) is 19.0. The van der Waals surface area contributed by atoms with Crippen LogP contribution in [0.25, 0.3) is 0 Å². The van der Waals surface area contributed by atoms with Crippen LogP contribution in [-0.2, 0) is 10.0 Å². The molecule has 1 aromatic carbocycles. The Bertz CT molecular complexity index is 1160. The molecule has 7 nitrogen and oxygen atoms in total. The highest BCUT2D eigenvalue weighted by molar-refractivity contribution is 7.92. The molecule has 0 spiro atoms. The third-order valence-electron chi connectivity index (χ3n) is 4.87. The number of rotatable bonds is 6. The van der Waals surface area contributed by atoms with Gasteiger partial charge in [-0.25, -0.2) is 22.2 Å². The molecule has 1 aliphatic rings. The Labute approximate surface area is 183 Å². The number of nitrogens with zero attached hydrogens (tertiary/aromatic N) is 4. The second-order valence-corrected chi connectivity index (χ2v) is 9.58. The fourth-order valence-corrected chi connectivity index (χ4v) is 5.10. The Hall–Kier alpha value is -2.55. The van der Waals surface area contributed by atoms with Crippen molar-refractivity contribution in [3.63, 3.8) is 0 Å². The average Bonchev–Trinajstić information content (AvgIpc) is 3.07. The van der Waals surface area contributed by atoms with Gasteiger partial charge in [-0.2, -0.15) is 9.65 Å². The Balaban J connectivity index is 1.96. The molecular formula is C19H19ClF3N5O2S. The molecule has 1 saturated heterocycles. The van der Waals surface area contributed by atoms with Gasteiger partial charge >= 0.3 is 0 Å². The van der Waals surface area contributed by atoms with Gasteiger partial charge in [-0.3, -0.25) is 4.72 Å². The standard InChI is InChI=1S/C19H19ClF3N5O2S/c1-27(2)10-19(9-24)6-7-28(11-19)13-8-12(21)18(17(23)16(13)20)31(29,30)26-15-5-3-4-14(22)25-15/h3-5,8H,6-7,10-11H2,1-2H3,(H,25,26). The van der Waals surface area contributed by atoms with Crippen LogP contribution in [0.1, 0.15) is 6.42 Å². The van der Waals surface area contributed by atoms with Crippen molar-refractivity contribution in [1.82, 2.24) is 9.88 Å². The van der Waals surface area contributed by atoms with Gasteiger partial charge < -0.3 is 9.80 Å². The van der Waals surface area contributed by atoms with Gasteiger partial charge in [-0.1, -0.05) is 17.7 Å². The molecule has 1 atom stereocenters. The van der Waals surface area contributed by atoms with Crippen molar-refractivity contribution in [1.29, 1.82) is 5.26 Å². The van der Waals surface area contributed by atoms with E-state index in [4.69, 9.17) is 11.6 Å². The molecule has 0 radical (unpaired) electrons. The summed E-state index contributed by atoms with van der Waals surface area (Å²) in [5.41, 5.74) is -0.801. The van der Waals surface area contributed by atoms with E-state index < -0.39 is 48.8 Å². The molecule has 1 aliphatic heterocycles. The summed E-state index contributed by atoms with van der Waals surface area (Å²) >= 11 is 6.08. The van der Waals surface area contributed by atoms with Crippen molar-refractivity contribution in [3.8, 4) is 6.07 Å². The molecule has 12 heteroatoms. The van der Waals surface area contributed by atoms with Crippen LogP contribution in [0.3, 0.4) is 0 Å². The van der Waals surface area contributed by atoms with E-state index in [9.17, 15) is 26.9 Å². The fourth-order valence-electron chi connectivity index (χ4n) is 3.64. The minimum Gasteiger partial charge on any atom is -0.368 e. The van der Waals surface area contributed by atoms with E-state index in [1.54, 1.807) is 4.90 Å². The number of hydrogen-bond donors (Lipinski definition) is 1. The Morgan fingerprint density at radius 3 is 2.68 bits per heavy atom. The zero-order valence-corrected chi connectivity index (χ0v) is 18.2. The Kier molecular flexibility index (Phi) is 6.36. The third kappa shape index (κ3) is 4.71. The van der Waals surface area contributed by atoms with E-state index in [2.05, 4.69) is 11.1 Å². The van der Waals surface area contributed by atoms with Crippen molar-refractivity contribution >= 4 is 33.1 Å². The summed E-state index contributed by atoms with van der Waals surface area (Å²) in [4.78, 5) is 5.42. The molecule has 31 heavy (non-hydrogen) atoms. The summed E-state index contributed by atoms with van der Waals surface area (Å²) in [7, 11) is -1.16. The monoisotopic (exact) mass is 473 g/mol. The maximum Gasteiger partial charge on any atom is 0.268 e. The highest BCUT2D eigenvalue weighted by atomic mass is 35.5. The van der Waals surface area contributed by atoms with Crippen molar-refractivity contribution in [2.24, 2.45) is 5.41 Å². The number of sulfonamides is 1. The van der Waals surface area contributed by atoms with Gasteiger partial charge in [0, 0.05) is 25.7 Å². The van der Waals surface area contributed by atoms with Crippen LogP contribution in [0.5, 0.6) is 0 Å². The summed E-state index contributed by atoms with van der Waals surface area (Å²) in [6.07, 6.45) is 0.452. The van der Waals surface area contributed by atoms with E-state index in [0.29, 0.717) is 19.5 Å². The second kappa shape index (κ2) is 8.53. The molecule has 1 aromatic heterocycles. The summed E-state index contributed by atoms with van der Waals surface area (Å²) in [5, 5.41) is 9.02. The van der Waals surface area contributed by atoms with Gasteiger partial charge in [0.05, 0.1) is 17.2 Å². The number of hydrogen-bond acceptors (Lipinski definition) is 6. The average molecular weight is 474 g/mol. The van der Waals surface area contributed by atoms with E-state index in [0.717, 1.165) is 18.2 Å². The lowest BCUT2D eigenvalue weighted by Crippen LogP contribution is -2.35. The quantitative estimate of drug-likeness (QED) is 0.512. The highest BCUT2D eigenvalue weighted by Crippen LogP contribution is 2.40.